The van der Waals surface area contributed by atoms with Gasteiger partial charge in [-0.1, -0.05) is 12.1 Å². The number of aromatic carboxylic acids is 1. The number of imidazole rings is 1. The van der Waals surface area contributed by atoms with Gasteiger partial charge in [0.1, 0.15) is 11.6 Å². The molecule has 110 valence electrons. The molecule has 1 aromatic carbocycles. The first-order chi connectivity index (χ1) is 10.0. The standard InChI is InChI=1S/C14H14N2O5/c1-20-9-5-3-8(4-6-9)7-10-15-11(13(17)18)12(16-10)14(19)21-2/h3-6H,7H2,1-2H3,(H,15,16)(H,17,18). The third kappa shape index (κ3) is 3.19. The molecule has 0 aliphatic heterocycles. The average Bonchev–Trinajstić information content (AvgIpc) is 2.91. The number of aromatic amines is 1. The number of carboxylic acids is 1. The van der Waals surface area contributed by atoms with Gasteiger partial charge in [0.2, 0.25) is 0 Å². The van der Waals surface area contributed by atoms with Crippen LogP contribution in [0, 0.1) is 0 Å². The smallest absolute Gasteiger partial charge is 0.359 e. The summed E-state index contributed by atoms with van der Waals surface area (Å²) in [5.74, 6) is -0.953. The summed E-state index contributed by atoms with van der Waals surface area (Å²) in [6.07, 6.45) is 0.362. The second-order valence-corrected chi connectivity index (χ2v) is 4.23. The van der Waals surface area contributed by atoms with Crippen LogP contribution < -0.4 is 4.74 Å². The van der Waals surface area contributed by atoms with Crippen LogP contribution in [0.2, 0.25) is 0 Å². The van der Waals surface area contributed by atoms with Gasteiger partial charge in [0, 0.05) is 6.42 Å². The van der Waals surface area contributed by atoms with Crippen LogP contribution in [0.4, 0.5) is 0 Å². The highest BCUT2D eigenvalue weighted by molar-refractivity contribution is 5.99. The van der Waals surface area contributed by atoms with Gasteiger partial charge < -0.3 is 19.6 Å². The first kappa shape index (κ1) is 14.6. The Labute approximate surface area is 120 Å². The Morgan fingerprint density at radius 1 is 1.24 bits per heavy atom. The number of methoxy groups -OCH3 is 2. The van der Waals surface area contributed by atoms with E-state index in [0.29, 0.717) is 12.2 Å². The Morgan fingerprint density at radius 3 is 2.43 bits per heavy atom. The number of carbonyl (C=O) groups excluding carboxylic acids is 1. The molecule has 0 saturated heterocycles. The van der Waals surface area contributed by atoms with Gasteiger partial charge in [-0.3, -0.25) is 0 Å². The van der Waals surface area contributed by atoms with Gasteiger partial charge >= 0.3 is 11.9 Å². The molecule has 0 aliphatic rings. The molecule has 0 amide bonds. The van der Waals surface area contributed by atoms with Crippen LogP contribution in [0.3, 0.4) is 0 Å². The molecule has 2 N–H and O–H groups in total. The monoisotopic (exact) mass is 290 g/mol. The van der Waals surface area contributed by atoms with Crippen molar-refractivity contribution in [1.29, 1.82) is 0 Å². The third-order valence-corrected chi connectivity index (χ3v) is 2.88. The lowest BCUT2D eigenvalue weighted by Crippen LogP contribution is -2.09. The molecule has 21 heavy (non-hydrogen) atoms. The van der Waals surface area contributed by atoms with Crippen molar-refractivity contribution >= 4 is 11.9 Å². The van der Waals surface area contributed by atoms with Gasteiger partial charge in [0.15, 0.2) is 11.4 Å². The molecule has 0 bridgehead atoms. The third-order valence-electron chi connectivity index (χ3n) is 2.88. The van der Waals surface area contributed by atoms with E-state index in [2.05, 4.69) is 14.7 Å². The highest BCUT2D eigenvalue weighted by atomic mass is 16.5. The lowest BCUT2D eigenvalue weighted by molar-refractivity contribution is 0.0576. The van der Waals surface area contributed by atoms with Gasteiger partial charge in [-0.25, -0.2) is 14.6 Å². The number of nitrogens with zero attached hydrogens (tertiary/aromatic N) is 1. The Morgan fingerprint density at radius 2 is 1.90 bits per heavy atom. The molecule has 7 heteroatoms. The van der Waals surface area contributed by atoms with E-state index in [1.54, 1.807) is 19.2 Å². The van der Waals surface area contributed by atoms with E-state index in [4.69, 9.17) is 9.84 Å². The largest absolute Gasteiger partial charge is 0.497 e. The molecule has 0 unspecified atom stereocenters. The minimum Gasteiger partial charge on any atom is -0.497 e. The molecule has 0 atom stereocenters. The summed E-state index contributed by atoms with van der Waals surface area (Å²) in [5.41, 5.74) is 0.400. The first-order valence-corrected chi connectivity index (χ1v) is 6.08. The Balaban J connectivity index is 2.27. The Bertz CT molecular complexity index is 661. The second kappa shape index (κ2) is 6.08. The summed E-state index contributed by atoms with van der Waals surface area (Å²) in [6, 6.07) is 7.24. The minimum absolute atomic E-state index is 0.228. The second-order valence-electron chi connectivity index (χ2n) is 4.23. The molecule has 2 rings (SSSR count). The lowest BCUT2D eigenvalue weighted by atomic mass is 10.1. The Kier molecular flexibility index (Phi) is 4.22. The molecule has 0 aliphatic carbocycles. The molecule has 1 heterocycles. The Hall–Kier alpha value is -2.83. The molecule has 0 fully saturated rings. The van der Waals surface area contributed by atoms with Gasteiger partial charge in [-0.15, -0.1) is 0 Å². The van der Waals surface area contributed by atoms with Crippen LogP contribution in [-0.2, 0) is 11.2 Å². The minimum atomic E-state index is -1.26. The van der Waals surface area contributed by atoms with Crippen LogP contribution in [0.1, 0.15) is 32.4 Å². The molecule has 1 aromatic heterocycles. The van der Waals surface area contributed by atoms with Gasteiger partial charge in [0.05, 0.1) is 14.2 Å². The number of hydrogen-bond acceptors (Lipinski definition) is 5. The maximum Gasteiger partial charge on any atom is 0.359 e. The van der Waals surface area contributed by atoms with E-state index in [1.165, 1.54) is 7.11 Å². The van der Waals surface area contributed by atoms with E-state index in [1.807, 2.05) is 12.1 Å². The van der Waals surface area contributed by atoms with E-state index >= 15 is 0 Å². The number of hydrogen-bond donors (Lipinski definition) is 2. The van der Waals surface area contributed by atoms with Crippen molar-refractivity contribution in [3.05, 3.63) is 47.0 Å². The van der Waals surface area contributed by atoms with Crippen molar-refractivity contribution in [2.45, 2.75) is 6.42 Å². The molecule has 2 aromatic rings. The van der Waals surface area contributed by atoms with Crippen LogP contribution in [0.25, 0.3) is 0 Å². The number of rotatable bonds is 5. The number of esters is 1. The summed E-state index contributed by atoms with van der Waals surface area (Å²) >= 11 is 0. The number of carboxylic acid groups (broad SMARTS) is 1. The maximum absolute atomic E-state index is 11.5. The molecule has 0 saturated carbocycles. The number of nitrogens with one attached hydrogen (secondary N) is 1. The van der Waals surface area contributed by atoms with Crippen molar-refractivity contribution in [1.82, 2.24) is 9.97 Å². The zero-order chi connectivity index (χ0) is 15.4. The molecule has 0 spiro atoms. The molecule has 7 nitrogen and oxygen atoms in total. The normalized spacial score (nSPS) is 10.2. The number of ether oxygens (including phenoxy) is 2. The van der Waals surface area contributed by atoms with Crippen molar-refractivity contribution in [2.75, 3.05) is 14.2 Å². The first-order valence-electron chi connectivity index (χ1n) is 6.08. The fourth-order valence-electron chi connectivity index (χ4n) is 1.84. The summed E-state index contributed by atoms with van der Waals surface area (Å²) in [4.78, 5) is 29.2. The van der Waals surface area contributed by atoms with E-state index in [-0.39, 0.29) is 11.4 Å². The zero-order valence-corrected chi connectivity index (χ0v) is 11.5. The number of H-pyrrole nitrogens is 1. The highest BCUT2D eigenvalue weighted by Gasteiger charge is 2.22. The summed E-state index contributed by atoms with van der Waals surface area (Å²) < 4.78 is 9.58. The topological polar surface area (TPSA) is 102 Å². The lowest BCUT2D eigenvalue weighted by Gasteiger charge is -2.01. The summed E-state index contributed by atoms with van der Waals surface area (Å²) in [5, 5.41) is 9.06. The molecular formula is C14H14N2O5. The summed E-state index contributed by atoms with van der Waals surface area (Å²) in [6.45, 7) is 0. The van der Waals surface area contributed by atoms with Crippen LogP contribution in [0.5, 0.6) is 5.75 Å². The highest BCUT2D eigenvalue weighted by Crippen LogP contribution is 2.15. The summed E-state index contributed by atoms with van der Waals surface area (Å²) in [7, 11) is 2.75. The predicted octanol–water partition coefficient (Wildman–Crippen LogP) is 1.49. The van der Waals surface area contributed by atoms with Gasteiger partial charge in [-0.2, -0.15) is 0 Å². The van der Waals surface area contributed by atoms with Crippen LogP contribution in [0.15, 0.2) is 24.3 Å². The van der Waals surface area contributed by atoms with Crippen LogP contribution >= 0.6 is 0 Å². The fourth-order valence-corrected chi connectivity index (χ4v) is 1.84. The zero-order valence-electron chi connectivity index (χ0n) is 11.5. The fraction of sp³-hybridized carbons (Fsp3) is 0.214. The van der Waals surface area contributed by atoms with Crippen molar-refractivity contribution in [3.8, 4) is 5.75 Å². The van der Waals surface area contributed by atoms with Gasteiger partial charge in [0.25, 0.3) is 0 Å². The maximum atomic E-state index is 11.5. The van der Waals surface area contributed by atoms with E-state index in [0.717, 1.165) is 11.3 Å². The SMILES string of the molecule is COC(=O)c1nc(Cc2ccc(OC)cc2)[nH]c1C(=O)O. The number of carbonyl (C=O) groups is 2. The predicted molar refractivity (Wildman–Crippen MR) is 72.7 cm³/mol. The van der Waals surface area contributed by atoms with Crippen LogP contribution in [-0.4, -0.2) is 41.2 Å². The average molecular weight is 290 g/mol. The quantitative estimate of drug-likeness (QED) is 0.809. The number of aromatic nitrogens is 2. The van der Waals surface area contributed by atoms with E-state index < -0.39 is 11.9 Å². The number of benzene rings is 1. The van der Waals surface area contributed by atoms with Crippen molar-refractivity contribution < 1.29 is 24.2 Å². The molecule has 0 radical (unpaired) electrons. The van der Waals surface area contributed by atoms with Crippen molar-refractivity contribution in [3.63, 3.8) is 0 Å². The van der Waals surface area contributed by atoms with Gasteiger partial charge in [-0.05, 0) is 17.7 Å². The van der Waals surface area contributed by atoms with E-state index in [9.17, 15) is 9.59 Å². The molecular weight excluding hydrogens is 276 g/mol. The van der Waals surface area contributed by atoms with Crippen molar-refractivity contribution in [2.24, 2.45) is 0 Å².